The van der Waals surface area contributed by atoms with Crippen molar-refractivity contribution in [1.82, 2.24) is 5.06 Å². The van der Waals surface area contributed by atoms with Crippen molar-refractivity contribution in [2.45, 2.75) is 37.0 Å². The second-order valence-electron chi connectivity index (χ2n) is 3.87. The molecule has 6 nitrogen and oxygen atoms in total. The molecule has 2 fully saturated rings. The van der Waals surface area contributed by atoms with Gasteiger partial charge in [0.15, 0.2) is 6.23 Å². The van der Waals surface area contributed by atoms with E-state index in [4.69, 9.17) is 0 Å². The lowest BCUT2D eigenvalue weighted by atomic mass is 9.93. The van der Waals surface area contributed by atoms with Crippen molar-refractivity contribution in [3.05, 3.63) is 0 Å². The molecule has 1 saturated heterocycles. The smallest absolute Gasteiger partial charge is 0.158 e. The highest BCUT2D eigenvalue weighted by Crippen LogP contribution is 2.44. The summed E-state index contributed by atoms with van der Waals surface area (Å²) >= 11 is 0. The molecule has 0 aromatic heterocycles. The second-order valence-corrected chi connectivity index (χ2v) is 3.87. The van der Waals surface area contributed by atoms with Gasteiger partial charge in [-0.3, -0.25) is 0 Å². The summed E-state index contributed by atoms with van der Waals surface area (Å²) in [5.74, 6) is -0.566. The van der Waals surface area contributed by atoms with Crippen molar-refractivity contribution in [3.63, 3.8) is 0 Å². The normalized spacial score (nSPS) is 57.0. The Bertz CT molecular complexity index is 219. The first-order valence-electron chi connectivity index (χ1n) is 4.20. The monoisotopic (exact) mass is 191 g/mol. The van der Waals surface area contributed by atoms with Crippen molar-refractivity contribution in [3.8, 4) is 0 Å². The second kappa shape index (κ2) is 2.63. The van der Waals surface area contributed by atoms with Crippen LogP contribution in [0.1, 0.15) is 12.8 Å². The summed E-state index contributed by atoms with van der Waals surface area (Å²) in [4.78, 5) is 0. The highest BCUT2D eigenvalue weighted by Gasteiger charge is 2.58. The fourth-order valence-electron chi connectivity index (χ4n) is 2.23. The Hall–Kier alpha value is -0.240. The van der Waals surface area contributed by atoms with E-state index in [9.17, 15) is 25.6 Å². The summed E-state index contributed by atoms with van der Waals surface area (Å²) < 4.78 is 0. The molecule has 2 rings (SSSR count). The molecule has 76 valence electrons. The predicted octanol–water partition coefficient (Wildman–Crippen LogP) is -2.17. The summed E-state index contributed by atoms with van der Waals surface area (Å²) in [7, 11) is 0. The number of hydroxylamine groups is 2. The summed E-state index contributed by atoms with van der Waals surface area (Å²) in [6, 6.07) is 0. The minimum Gasteiger partial charge on any atom is -0.393 e. The molecule has 1 aliphatic carbocycles. The number of aliphatic hydroxyl groups is 4. The van der Waals surface area contributed by atoms with Crippen molar-refractivity contribution in [2.24, 2.45) is 5.92 Å². The maximum absolute atomic E-state index is 9.69. The van der Waals surface area contributed by atoms with Crippen LogP contribution in [0.4, 0.5) is 0 Å². The molecule has 5 unspecified atom stereocenters. The van der Waals surface area contributed by atoms with Gasteiger partial charge in [-0.2, -0.15) is 0 Å². The molecule has 0 amide bonds. The van der Waals surface area contributed by atoms with E-state index in [1.165, 1.54) is 0 Å². The van der Waals surface area contributed by atoms with Crippen LogP contribution in [0.25, 0.3) is 0 Å². The van der Waals surface area contributed by atoms with Gasteiger partial charge in [-0.25, -0.2) is 0 Å². The number of nitrogens with zero attached hydrogens (tertiary/aromatic N) is 1. The Morgan fingerprint density at radius 1 is 1.15 bits per heavy atom. The Balaban J connectivity index is 2.30. The van der Waals surface area contributed by atoms with Crippen LogP contribution in [-0.4, -0.2) is 54.9 Å². The van der Waals surface area contributed by atoms with Gasteiger partial charge >= 0.3 is 0 Å². The van der Waals surface area contributed by atoms with E-state index >= 15 is 0 Å². The number of rotatable bonds is 0. The van der Waals surface area contributed by atoms with Crippen molar-refractivity contribution >= 4 is 0 Å². The lowest BCUT2D eigenvalue weighted by molar-refractivity contribution is -0.351. The number of piperidine rings is 1. The zero-order chi connectivity index (χ0) is 9.80. The average molecular weight is 191 g/mol. The van der Waals surface area contributed by atoms with Crippen LogP contribution in [0.15, 0.2) is 0 Å². The van der Waals surface area contributed by atoms with Gasteiger partial charge in [0, 0.05) is 12.3 Å². The molecule has 0 radical (unpaired) electrons. The van der Waals surface area contributed by atoms with Gasteiger partial charge in [-0.1, -0.05) is 0 Å². The third-order valence-electron chi connectivity index (χ3n) is 3.01. The molecule has 0 aromatic rings. The van der Waals surface area contributed by atoms with Gasteiger partial charge in [0.2, 0.25) is 0 Å². The summed E-state index contributed by atoms with van der Waals surface area (Å²) in [6.07, 6.45) is -3.61. The molecule has 1 aliphatic heterocycles. The number of hydrogen-bond acceptors (Lipinski definition) is 6. The van der Waals surface area contributed by atoms with Crippen LogP contribution < -0.4 is 0 Å². The third kappa shape index (κ3) is 1.11. The Kier molecular flexibility index (Phi) is 1.88. The van der Waals surface area contributed by atoms with E-state index in [1.54, 1.807) is 0 Å². The zero-order valence-electron chi connectivity index (χ0n) is 6.91. The molecule has 0 spiro atoms. The van der Waals surface area contributed by atoms with Gasteiger partial charge in [0.1, 0.15) is 11.8 Å². The summed E-state index contributed by atoms with van der Waals surface area (Å²) in [6.45, 7) is 0. The highest BCUT2D eigenvalue weighted by atomic mass is 16.6. The molecule has 1 heterocycles. The van der Waals surface area contributed by atoms with Crippen molar-refractivity contribution in [1.29, 1.82) is 0 Å². The first kappa shape index (κ1) is 9.32. The van der Waals surface area contributed by atoms with E-state index < -0.39 is 30.1 Å². The zero-order valence-corrected chi connectivity index (χ0v) is 6.91. The van der Waals surface area contributed by atoms with E-state index in [2.05, 4.69) is 0 Å². The van der Waals surface area contributed by atoms with Crippen LogP contribution in [0.2, 0.25) is 0 Å². The van der Waals surface area contributed by atoms with Gasteiger partial charge in [-0.05, 0) is 6.42 Å². The standard InChI is InChI=1S/C7H13NO5/c9-4-2-7(12)1-3(4)5(10)6(11)8(7)13/h3-6,9-13H,1-2H2. The lowest BCUT2D eigenvalue weighted by Gasteiger charge is -2.41. The molecule has 1 saturated carbocycles. The molecule has 5 atom stereocenters. The van der Waals surface area contributed by atoms with Crippen LogP contribution in [-0.2, 0) is 0 Å². The molecule has 5 N–H and O–H groups in total. The van der Waals surface area contributed by atoms with E-state index in [-0.39, 0.29) is 12.8 Å². The topological polar surface area (TPSA) is 104 Å². The van der Waals surface area contributed by atoms with Crippen molar-refractivity contribution in [2.75, 3.05) is 0 Å². The summed E-state index contributed by atoms with van der Waals surface area (Å²) in [5.41, 5.74) is -1.59. The predicted molar refractivity (Wildman–Crippen MR) is 39.3 cm³/mol. The number of hydrogen-bond donors (Lipinski definition) is 5. The van der Waals surface area contributed by atoms with Crippen LogP contribution in [0, 0.1) is 5.92 Å². The minimum atomic E-state index is -1.59. The lowest BCUT2D eigenvalue weighted by Crippen LogP contribution is -2.59. The Labute approximate surface area is 74.6 Å². The number of aliphatic hydroxyl groups excluding tert-OH is 3. The molecular formula is C7H13NO5. The highest BCUT2D eigenvalue weighted by molar-refractivity contribution is 5.01. The van der Waals surface area contributed by atoms with Gasteiger partial charge in [-0.15, -0.1) is 5.06 Å². The molecule has 6 heteroatoms. The maximum atomic E-state index is 9.69. The van der Waals surface area contributed by atoms with Gasteiger partial charge in [0.05, 0.1) is 6.10 Å². The van der Waals surface area contributed by atoms with E-state index in [0.29, 0.717) is 5.06 Å². The summed E-state index contributed by atoms with van der Waals surface area (Å²) in [5, 5.41) is 47.4. The van der Waals surface area contributed by atoms with Gasteiger partial charge in [0.25, 0.3) is 0 Å². The third-order valence-corrected chi connectivity index (χ3v) is 3.01. The molecule has 13 heavy (non-hydrogen) atoms. The number of fused-ring (bicyclic) bond motifs is 2. The van der Waals surface area contributed by atoms with E-state index in [0.717, 1.165) is 0 Å². The van der Waals surface area contributed by atoms with Crippen LogP contribution in [0.5, 0.6) is 0 Å². The molecule has 2 bridgehead atoms. The van der Waals surface area contributed by atoms with Crippen LogP contribution in [0.3, 0.4) is 0 Å². The fraction of sp³-hybridized carbons (Fsp3) is 1.00. The molecule has 2 aliphatic rings. The van der Waals surface area contributed by atoms with Crippen molar-refractivity contribution < 1.29 is 25.6 Å². The fourth-order valence-corrected chi connectivity index (χ4v) is 2.23. The maximum Gasteiger partial charge on any atom is 0.158 e. The minimum absolute atomic E-state index is 0.0533. The molecule has 0 aromatic carbocycles. The van der Waals surface area contributed by atoms with Gasteiger partial charge < -0.3 is 25.6 Å². The van der Waals surface area contributed by atoms with Crippen LogP contribution >= 0.6 is 0 Å². The largest absolute Gasteiger partial charge is 0.393 e. The van der Waals surface area contributed by atoms with E-state index in [1.807, 2.05) is 0 Å². The SMILES string of the molecule is OC1CC2(O)CC1C(O)C(O)N2O. The first-order valence-corrected chi connectivity index (χ1v) is 4.20. The molecular weight excluding hydrogens is 178 g/mol. The first-order chi connectivity index (χ1) is 5.96. The Morgan fingerprint density at radius 3 is 2.38 bits per heavy atom. The average Bonchev–Trinajstić information content (AvgIpc) is 2.35. The quantitative estimate of drug-likeness (QED) is 0.298. The Morgan fingerprint density at radius 2 is 1.77 bits per heavy atom.